The molecule has 2 aromatic carbocycles. The summed E-state index contributed by atoms with van der Waals surface area (Å²) in [4.78, 5) is 27.4. The molecule has 156 valence electrons. The molecular weight excluding hydrogens is 454 g/mol. The fourth-order valence-electron chi connectivity index (χ4n) is 2.98. The Bertz CT molecular complexity index is 889. The van der Waals surface area contributed by atoms with E-state index in [1.165, 1.54) is 0 Å². The Kier molecular flexibility index (Phi) is 9.09. The summed E-state index contributed by atoms with van der Waals surface area (Å²) >= 11 is 24.3. The minimum absolute atomic E-state index is 0.0488. The van der Waals surface area contributed by atoms with Crippen LogP contribution < -0.4 is 5.32 Å². The standard InChI is InChI=1S/C21H22Cl4N2O2/c1-3-19(21(29)26-4-2)27(12-13-5-8-16(23)18(25)9-13)20(28)10-14-6-7-15(22)11-17(14)24/h5-9,11,19H,3-4,10,12H2,1-2H3,(H,26,29). The van der Waals surface area contributed by atoms with Gasteiger partial charge in [0.2, 0.25) is 11.8 Å². The van der Waals surface area contributed by atoms with Crippen LogP contribution in [0.1, 0.15) is 31.4 Å². The average Bonchev–Trinajstić information content (AvgIpc) is 2.66. The monoisotopic (exact) mass is 474 g/mol. The summed E-state index contributed by atoms with van der Waals surface area (Å²) in [5, 5.41) is 4.52. The third-order valence-electron chi connectivity index (χ3n) is 4.43. The van der Waals surface area contributed by atoms with Crippen LogP contribution in [0.15, 0.2) is 36.4 Å². The number of hydrogen-bond acceptors (Lipinski definition) is 2. The molecule has 0 bridgehead atoms. The van der Waals surface area contributed by atoms with Gasteiger partial charge in [0.15, 0.2) is 0 Å². The van der Waals surface area contributed by atoms with Crippen molar-refractivity contribution in [3.8, 4) is 0 Å². The molecule has 0 saturated heterocycles. The lowest BCUT2D eigenvalue weighted by atomic mass is 10.1. The van der Waals surface area contributed by atoms with E-state index in [1.54, 1.807) is 41.3 Å². The molecule has 0 saturated carbocycles. The number of rotatable bonds is 8. The van der Waals surface area contributed by atoms with Crippen molar-refractivity contribution in [3.05, 3.63) is 67.6 Å². The van der Waals surface area contributed by atoms with E-state index in [0.29, 0.717) is 38.6 Å². The van der Waals surface area contributed by atoms with Gasteiger partial charge in [-0.25, -0.2) is 0 Å². The van der Waals surface area contributed by atoms with Gasteiger partial charge in [0.1, 0.15) is 6.04 Å². The highest BCUT2D eigenvalue weighted by Gasteiger charge is 2.28. The second kappa shape index (κ2) is 11.1. The normalized spacial score (nSPS) is 11.8. The lowest BCUT2D eigenvalue weighted by Crippen LogP contribution is -2.49. The van der Waals surface area contributed by atoms with E-state index in [1.807, 2.05) is 13.8 Å². The molecule has 0 aliphatic heterocycles. The number of amides is 2. The van der Waals surface area contributed by atoms with E-state index in [0.717, 1.165) is 5.56 Å². The second-order valence-electron chi connectivity index (χ2n) is 6.50. The molecule has 0 radical (unpaired) electrons. The molecular formula is C21H22Cl4N2O2. The zero-order chi connectivity index (χ0) is 21.6. The maximum absolute atomic E-state index is 13.2. The number of hydrogen-bond donors (Lipinski definition) is 1. The summed E-state index contributed by atoms with van der Waals surface area (Å²) in [6.07, 6.45) is 0.514. The Labute approximate surface area is 191 Å². The van der Waals surface area contributed by atoms with Crippen molar-refractivity contribution in [1.29, 1.82) is 0 Å². The largest absolute Gasteiger partial charge is 0.355 e. The third-order valence-corrected chi connectivity index (χ3v) is 5.76. The first-order valence-corrected chi connectivity index (χ1v) is 10.7. The lowest BCUT2D eigenvalue weighted by Gasteiger charge is -2.31. The lowest BCUT2D eigenvalue weighted by molar-refractivity contribution is -0.140. The molecule has 0 spiro atoms. The van der Waals surface area contributed by atoms with Crippen molar-refractivity contribution in [2.45, 2.75) is 39.3 Å². The van der Waals surface area contributed by atoms with Crippen molar-refractivity contribution in [3.63, 3.8) is 0 Å². The molecule has 1 N–H and O–H groups in total. The van der Waals surface area contributed by atoms with E-state index in [-0.39, 0.29) is 24.8 Å². The molecule has 2 amide bonds. The summed E-state index contributed by atoms with van der Waals surface area (Å²) in [6, 6.07) is 9.52. The van der Waals surface area contributed by atoms with Gasteiger partial charge in [-0.2, -0.15) is 0 Å². The molecule has 0 aromatic heterocycles. The topological polar surface area (TPSA) is 49.4 Å². The first-order valence-electron chi connectivity index (χ1n) is 9.21. The number of likely N-dealkylation sites (N-methyl/N-ethyl adjacent to an activating group) is 1. The fourth-order valence-corrected chi connectivity index (χ4v) is 3.77. The molecule has 2 aromatic rings. The number of carbonyl (C=O) groups excluding carboxylic acids is 2. The van der Waals surface area contributed by atoms with Gasteiger partial charge >= 0.3 is 0 Å². The third kappa shape index (κ3) is 6.51. The van der Waals surface area contributed by atoms with Gasteiger partial charge in [-0.3, -0.25) is 9.59 Å². The van der Waals surface area contributed by atoms with Crippen LogP contribution in [-0.2, 0) is 22.6 Å². The fraction of sp³-hybridized carbons (Fsp3) is 0.333. The summed E-state index contributed by atoms with van der Waals surface area (Å²) in [5.74, 6) is -0.427. The van der Waals surface area contributed by atoms with Gasteiger partial charge in [-0.1, -0.05) is 65.5 Å². The van der Waals surface area contributed by atoms with Gasteiger partial charge in [-0.15, -0.1) is 0 Å². The van der Waals surface area contributed by atoms with Crippen LogP contribution in [0.3, 0.4) is 0 Å². The van der Waals surface area contributed by atoms with Gasteiger partial charge < -0.3 is 10.2 Å². The number of nitrogens with zero attached hydrogens (tertiary/aromatic N) is 1. The second-order valence-corrected chi connectivity index (χ2v) is 8.16. The Hall–Kier alpha value is -1.46. The van der Waals surface area contributed by atoms with Crippen molar-refractivity contribution in [1.82, 2.24) is 10.2 Å². The van der Waals surface area contributed by atoms with Crippen molar-refractivity contribution < 1.29 is 9.59 Å². The molecule has 0 aliphatic rings. The molecule has 0 heterocycles. The van der Waals surface area contributed by atoms with Crippen molar-refractivity contribution >= 4 is 58.2 Å². The quantitative estimate of drug-likeness (QED) is 0.525. The van der Waals surface area contributed by atoms with E-state index in [2.05, 4.69) is 5.32 Å². The minimum Gasteiger partial charge on any atom is -0.355 e. The van der Waals surface area contributed by atoms with Crippen LogP contribution in [0.2, 0.25) is 20.1 Å². The van der Waals surface area contributed by atoms with Gasteiger partial charge in [0, 0.05) is 23.1 Å². The number of carbonyl (C=O) groups is 2. The zero-order valence-electron chi connectivity index (χ0n) is 16.1. The van der Waals surface area contributed by atoms with Crippen LogP contribution in [0.4, 0.5) is 0 Å². The first-order chi connectivity index (χ1) is 13.8. The molecule has 0 fully saturated rings. The van der Waals surface area contributed by atoms with Crippen LogP contribution >= 0.6 is 46.4 Å². The zero-order valence-corrected chi connectivity index (χ0v) is 19.2. The average molecular weight is 476 g/mol. The SMILES string of the molecule is CCNC(=O)C(CC)N(Cc1ccc(Cl)c(Cl)c1)C(=O)Cc1ccc(Cl)cc1Cl. The molecule has 4 nitrogen and oxygen atoms in total. The highest BCUT2D eigenvalue weighted by molar-refractivity contribution is 6.42. The van der Waals surface area contributed by atoms with Gasteiger partial charge in [0.05, 0.1) is 16.5 Å². The highest BCUT2D eigenvalue weighted by Crippen LogP contribution is 2.25. The maximum Gasteiger partial charge on any atom is 0.242 e. The van der Waals surface area contributed by atoms with Crippen LogP contribution in [0.25, 0.3) is 0 Å². The molecule has 0 aliphatic carbocycles. The van der Waals surface area contributed by atoms with Gasteiger partial charge in [0.25, 0.3) is 0 Å². The Morgan fingerprint density at radius 2 is 1.69 bits per heavy atom. The Morgan fingerprint density at radius 1 is 0.966 bits per heavy atom. The Balaban J connectivity index is 2.34. The maximum atomic E-state index is 13.2. The molecule has 1 unspecified atom stereocenters. The van der Waals surface area contributed by atoms with Crippen LogP contribution in [-0.4, -0.2) is 29.3 Å². The van der Waals surface area contributed by atoms with Gasteiger partial charge in [-0.05, 0) is 48.7 Å². The highest BCUT2D eigenvalue weighted by atomic mass is 35.5. The predicted molar refractivity (Wildman–Crippen MR) is 120 cm³/mol. The van der Waals surface area contributed by atoms with Crippen LogP contribution in [0, 0.1) is 0 Å². The summed E-state index contributed by atoms with van der Waals surface area (Å²) in [6.45, 7) is 4.40. The first kappa shape index (κ1) is 23.8. The molecule has 29 heavy (non-hydrogen) atoms. The molecule has 2 rings (SSSR count). The number of halogens is 4. The van der Waals surface area contributed by atoms with E-state index in [4.69, 9.17) is 46.4 Å². The van der Waals surface area contributed by atoms with E-state index in [9.17, 15) is 9.59 Å². The molecule has 1 atom stereocenters. The molecule has 8 heteroatoms. The smallest absolute Gasteiger partial charge is 0.242 e. The Morgan fingerprint density at radius 3 is 2.28 bits per heavy atom. The van der Waals surface area contributed by atoms with Crippen molar-refractivity contribution in [2.75, 3.05) is 6.54 Å². The van der Waals surface area contributed by atoms with E-state index < -0.39 is 6.04 Å². The number of benzene rings is 2. The van der Waals surface area contributed by atoms with Crippen LogP contribution in [0.5, 0.6) is 0 Å². The number of nitrogens with one attached hydrogen (secondary N) is 1. The summed E-state index contributed by atoms with van der Waals surface area (Å²) < 4.78 is 0. The summed E-state index contributed by atoms with van der Waals surface area (Å²) in [7, 11) is 0. The minimum atomic E-state index is -0.622. The summed E-state index contributed by atoms with van der Waals surface area (Å²) in [5.41, 5.74) is 1.42. The van der Waals surface area contributed by atoms with Crippen molar-refractivity contribution in [2.24, 2.45) is 0 Å². The predicted octanol–water partition coefficient (Wildman–Crippen LogP) is 5.79. The van der Waals surface area contributed by atoms with E-state index >= 15 is 0 Å².